The molecule has 0 aliphatic carbocycles. The maximum Gasteiger partial charge on any atom is 0.326 e. The lowest BCUT2D eigenvalue weighted by atomic mass is 10.1. The van der Waals surface area contributed by atoms with Gasteiger partial charge >= 0.3 is 12.0 Å². The molecule has 1 heterocycles. The van der Waals surface area contributed by atoms with E-state index in [0.717, 1.165) is 0 Å². The first-order valence-corrected chi connectivity index (χ1v) is 7.30. The van der Waals surface area contributed by atoms with Gasteiger partial charge in [0.15, 0.2) is 0 Å². The molecule has 1 rings (SSSR count). The molecular formula is C10H17N3O5S. The number of primary amides is 1. The van der Waals surface area contributed by atoms with E-state index < -0.39 is 34.7 Å². The average Bonchev–Trinajstić information content (AvgIpc) is 2.34. The van der Waals surface area contributed by atoms with E-state index in [0.29, 0.717) is 24.6 Å². The van der Waals surface area contributed by atoms with Crippen LogP contribution in [0.15, 0.2) is 0 Å². The lowest BCUT2D eigenvalue weighted by Crippen LogP contribution is -2.51. The van der Waals surface area contributed by atoms with Gasteiger partial charge in [0.25, 0.3) is 0 Å². The van der Waals surface area contributed by atoms with E-state index in [-0.39, 0.29) is 12.8 Å². The number of hydrogen-bond donors (Lipinski definition) is 3. The standard InChI is InChI=1S/C10H17N3O5S/c11-8(14)2-1-7(9(15)16)12-10(17)13-3-5-19(18)6-4-13/h7H,1-6H2,(H2,11,14)(H,12,17)(H,15,16)/t7-/m0/s1. The third-order valence-corrected chi connectivity index (χ3v) is 4.02. The van der Waals surface area contributed by atoms with Crippen molar-refractivity contribution in [2.75, 3.05) is 24.6 Å². The second kappa shape index (κ2) is 7.07. The van der Waals surface area contributed by atoms with Gasteiger partial charge in [0.1, 0.15) is 6.04 Å². The molecule has 0 aromatic carbocycles. The number of nitrogens with one attached hydrogen (secondary N) is 1. The number of nitrogens with two attached hydrogens (primary N) is 1. The van der Waals surface area contributed by atoms with Gasteiger partial charge in [-0.05, 0) is 6.42 Å². The van der Waals surface area contributed by atoms with Gasteiger partial charge in [-0.2, -0.15) is 0 Å². The first kappa shape index (κ1) is 15.4. The molecule has 0 saturated carbocycles. The fourth-order valence-corrected chi connectivity index (χ4v) is 2.68. The van der Waals surface area contributed by atoms with Crippen LogP contribution in [-0.4, -0.2) is 62.8 Å². The highest BCUT2D eigenvalue weighted by Crippen LogP contribution is 2.03. The summed E-state index contributed by atoms with van der Waals surface area (Å²) >= 11 is 0. The van der Waals surface area contributed by atoms with Gasteiger partial charge in [-0.25, -0.2) is 9.59 Å². The number of carboxylic acid groups (broad SMARTS) is 1. The van der Waals surface area contributed by atoms with Crippen molar-refractivity contribution in [3.05, 3.63) is 0 Å². The van der Waals surface area contributed by atoms with Crippen molar-refractivity contribution in [2.45, 2.75) is 18.9 Å². The number of hydrogen-bond acceptors (Lipinski definition) is 4. The second-order valence-electron chi connectivity index (χ2n) is 4.18. The highest BCUT2D eigenvalue weighted by Gasteiger charge is 2.25. The SMILES string of the molecule is NC(=O)CC[C@H](NC(=O)N1CCS(=O)CC1)C(=O)O. The molecule has 1 atom stereocenters. The average molecular weight is 291 g/mol. The minimum Gasteiger partial charge on any atom is -0.480 e. The quantitative estimate of drug-likeness (QED) is 0.566. The number of urea groups is 1. The Balaban J connectivity index is 2.49. The summed E-state index contributed by atoms with van der Waals surface area (Å²) in [6, 6.07) is -1.67. The fraction of sp³-hybridized carbons (Fsp3) is 0.700. The van der Waals surface area contributed by atoms with Crippen LogP contribution in [0, 0.1) is 0 Å². The molecule has 1 aliphatic heterocycles. The first-order valence-electron chi connectivity index (χ1n) is 5.81. The molecule has 108 valence electrons. The minimum absolute atomic E-state index is 0.0455. The smallest absolute Gasteiger partial charge is 0.326 e. The Bertz CT molecular complexity index is 391. The number of nitrogens with zero attached hydrogens (tertiary/aromatic N) is 1. The zero-order chi connectivity index (χ0) is 14.4. The van der Waals surface area contributed by atoms with Crippen LogP contribution in [0.1, 0.15) is 12.8 Å². The summed E-state index contributed by atoms with van der Waals surface area (Å²) in [5.74, 6) is -1.04. The monoisotopic (exact) mass is 291 g/mol. The number of rotatable bonds is 5. The third-order valence-electron chi connectivity index (χ3n) is 2.74. The van der Waals surface area contributed by atoms with Gasteiger partial charge in [0.2, 0.25) is 5.91 Å². The molecule has 0 bridgehead atoms. The van der Waals surface area contributed by atoms with Crippen LogP contribution in [0.5, 0.6) is 0 Å². The molecule has 1 fully saturated rings. The number of carboxylic acids is 1. The van der Waals surface area contributed by atoms with Crippen LogP contribution in [-0.2, 0) is 20.4 Å². The Labute approximate surface area is 112 Å². The molecule has 0 aromatic rings. The zero-order valence-electron chi connectivity index (χ0n) is 10.3. The second-order valence-corrected chi connectivity index (χ2v) is 5.88. The van der Waals surface area contributed by atoms with Gasteiger partial charge in [0.05, 0.1) is 0 Å². The molecule has 19 heavy (non-hydrogen) atoms. The molecule has 0 aromatic heterocycles. The molecule has 0 unspecified atom stereocenters. The van der Waals surface area contributed by atoms with E-state index in [1.807, 2.05) is 0 Å². The van der Waals surface area contributed by atoms with Crippen LogP contribution in [0.2, 0.25) is 0 Å². The molecule has 1 aliphatic rings. The van der Waals surface area contributed by atoms with Gasteiger partial charge in [0, 0.05) is 41.8 Å². The van der Waals surface area contributed by atoms with E-state index in [2.05, 4.69) is 5.32 Å². The fourth-order valence-electron chi connectivity index (χ4n) is 1.63. The molecule has 4 N–H and O–H groups in total. The summed E-state index contributed by atoms with van der Waals surface area (Å²) in [5, 5.41) is 11.3. The molecule has 1 saturated heterocycles. The van der Waals surface area contributed by atoms with E-state index in [4.69, 9.17) is 10.8 Å². The Kier molecular flexibility index (Phi) is 5.74. The Morgan fingerprint density at radius 3 is 2.37 bits per heavy atom. The van der Waals surface area contributed by atoms with E-state index in [9.17, 15) is 18.6 Å². The molecule has 3 amide bonds. The normalized spacial score (nSPS) is 17.8. The summed E-state index contributed by atoms with van der Waals surface area (Å²) in [5.41, 5.74) is 4.94. The summed E-state index contributed by atoms with van der Waals surface area (Å²) in [7, 11) is -0.908. The maximum atomic E-state index is 11.8. The summed E-state index contributed by atoms with van der Waals surface area (Å²) in [6.45, 7) is 0.668. The highest BCUT2D eigenvalue weighted by atomic mass is 32.2. The Morgan fingerprint density at radius 1 is 1.32 bits per heavy atom. The molecule has 0 spiro atoms. The number of carbonyl (C=O) groups is 3. The van der Waals surface area contributed by atoms with Crippen molar-refractivity contribution in [1.29, 1.82) is 0 Å². The van der Waals surface area contributed by atoms with Crippen LogP contribution < -0.4 is 11.1 Å². The first-order chi connectivity index (χ1) is 8.90. The minimum atomic E-state index is -1.21. The van der Waals surface area contributed by atoms with Crippen LogP contribution in [0.4, 0.5) is 4.79 Å². The van der Waals surface area contributed by atoms with Crippen LogP contribution >= 0.6 is 0 Å². The molecule has 8 nitrogen and oxygen atoms in total. The summed E-state index contributed by atoms with van der Waals surface area (Å²) in [4.78, 5) is 34.8. The number of carbonyl (C=O) groups excluding carboxylic acids is 2. The zero-order valence-corrected chi connectivity index (χ0v) is 11.1. The van der Waals surface area contributed by atoms with Crippen molar-refractivity contribution in [3.8, 4) is 0 Å². The van der Waals surface area contributed by atoms with Crippen molar-refractivity contribution in [2.24, 2.45) is 5.73 Å². The van der Waals surface area contributed by atoms with Gasteiger partial charge in [-0.1, -0.05) is 0 Å². The predicted octanol–water partition coefficient (Wildman–Crippen LogP) is -1.52. The van der Waals surface area contributed by atoms with Crippen LogP contribution in [0.25, 0.3) is 0 Å². The van der Waals surface area contributed by atoms with Crippen LogP contribution in [0.3, 0.4) is 0 Å². The van der Waals surface area contributed by atoms with Crippen molar-refractivity contribution in [1.82, 2.24) is 10.2 Å². The molecule has 0 radical (unpaired) electrons. The largest absolute Gasteiger partial charge is 0.480 e. The lowest BCUT2D eigenvalue weighted by molar-refractivity contribution is -0.139. The summed E-state index contributed by atoms with van der Waals surface area (Å²) in [6.07, 6.45) is -0.155. The highest BCUT2D eigenvalue weighted by molar-refractivity contribution is 7.85. The van der Waals surface area contributed by atoms with Gasteiger partial charge in [-0.15, -0.1) is 0 Å². The lowest BCUT2D eigenvalue weighted by Gasteiger charge is -2.27. The summed E-state index contributed by atoms with van der Waals surface area (Å²) < 4.78 is 11.1. The van der Waals surface area contributed by atoms with Crippen molar-refractivity contribution in [3.63, 3.8) is 0 Å². The van der Waals surface area contributed by atoms with Crippen molar-refractivity contribution >= 4 is 28.7 Å². The number of amides is 3. The van der Waals surface area contributed by atoms with E-state index in [1.54, 1.807) is 0 Å². The predicted molar refractivity (Wildman–Crippen MR) is 67.8 cm³/mol. The van der Waals surface area contributed by atoms with Gasteiger partial charge < -0.3 is 21.1 Å². The topological polar surface area (TPSA) is 130 Å². The maximum absolute atomic E-state index is 11.8. The van der Waals surface area contributed by atoms with E-state index >= 15 is 0 Å². The molecule has 9 heteroatoms. The van der Waals surface area contributed by atoms with Gasteiger partial charge in [-0.3, -0.25) is 9.00 Å². The third kappa shape index (κ3) is 5.25. The Hall–Kier alpha value is -1.64. The van der Waals surface area contributed by atoms with E-state index in [1.165, 1.54) is 4.90 Å². The molecular weight excluding hydrogens is 274 g/mol. The number of aliphatic carboxylic acids is 1. The van der Waals surface area contributed by atoms with Crippen molar-refractivity contribution < 1.29 is 23.7 Å². The Morgan fingerprint density at radius 2 is 1.89 bits per heavy atom.